The minimum absolute atomic E-state index is 0.240. The van der Waals surface area contributed by atoms with E-state index in [4.69, 9.17) is 10.2 Å². The number of rotatable bonds is 3. The maximum Gasteiger partial charge on any atom is 0.329 e. The summed E-state index contributed by atoms with van der Waals surface area (Å²) in [7, 11) is 0. The lowest BCUT2D eigenvalue weighted by molar-refractivity contribution is -0.165. The van der Waals surface area contributed by atoms with Gasteiger partial charge in [-0.3, -0.25) is 14.5 Å². The number of aliphatic hydroxyl groups excluding tert-OH is 1. The van der Waals surface area contributed by atoms with Crippen LogP contribution in [-0.2, 0) is 14.4 Å². The molecule has 1 heterocycles. The van der Waals surface area contributed by atoms with Gasteiger partial charge in [0.1, 0.15) is 0 Å². The SMILES string of the molecule is O=C(O)C(CO)N1C(=O)C2CCC(C2)C1=O. The monoisotopic (exact) mass is 227 g/mol. The Bertz CT molecular complexity index is 331. The van der Waals surface area contributed by atoms with Crippen LogP contribution >= 0.6 is 0 Å². The number of carbonyl (C=O) groups is 3. The Hall–Kier alpha value is -1.43. The highest BCUT2D eigenvalue weighted by Crippen LogP contribution is 2.38. The molecule has 2 fully saturated rings. The number of piperidine rings is 1. The molecule has 6 nitrogen and oxygen atoms in total. The quantitative estimate of drug-likeness (QED) is 0.616. The second-order valence-corrected chi connectivity index (χ2v) is 4.29. The molecule has 0 aromatic rings. The number of carboxylic acid groups (broad SMARTS) is 1. The minimum Gasteiger partial charge on any atom is -0.480 e. The third-order valence-electron chi connectivity index (χ3n) is 3.38. The number of aliphatic carboxylic acids is 1. The van der Waals surface area contributed by atoms with Gasteiger partial charge in [-0.15, -0.1) is 0 Å². The summed E-state index contributed by atoms with van der Waals surface area (Å²) in [5, 5.41) is 17.8. The third kappa shape index (κ3) is 1.49. The van der Waals surface area contributed by atoms with Gasteiger partial charge in [0.25, 0.3) is 0 Å². The average Bonchev–Trinajstić information content (AvgIpc) is 2.67. The zero-order valence-corrected chi connectivity index (χ0v) is 8.63. The molecule has 1 aliphatic heterocycles. The van der Waals surface area contributed by atoms with Crippen molar-refractivity contribution < 1.29 is 24.6 Å². The predicted molar refractivity (Wildman–Crippen MR) is 51.2 cm³/mol. The summed E-state index contributed by atoms with van der Waals surface area (Å²) in [4.78, 5) is 35.3. The van der Waals surface area contributed by atoms with E-state index in [1.165, 1.54) is 0 Å². The van der Waals surface area contributed by atoms with E-state index in [9.17, 15) is 14.4 Å². The molecule has 0 spiro atoms. The first-order chi connectivity index (χ1) is 7.56. The number of aliphatic hydroxyl groups is 1. The van der Waals surface area contributed by atoms with E-state index in [0.29, 0.717) is 19.3 Å². The van der Waals surface area contributed by atoms with Crippen LogP contribution in [0, 0.1) is 11.8 Å². The highest BCUT2D eigenvalue weighted by atomic mass is 16.4. The molecule has 2 N–H and O–H groups in total. The van der Waals surface area contributed by atoms with Crippen LogP contribution in [0.5, 0.6) is 0 Å². The lowest BCUT2D eigenvalue weighted by Gasteiger charge is -2.32. The van der Waals surface area contributed by atoms with Gasteiger partial charge in [-0.25, -0.2) is 4.79 Å². The second-order valence-electron chi connectivity index (χ2n) is 4.29. The molecule has 1 saturated heterocycles. The fraction of sp³-hybridized carbons (Fsp3) is 0.700. The number of hydrogen-bond acceptors (Lipinski definition) is 4. The van der Waals surface area contributed by atoms with E-state index in [0.717, 1.165) is 4.90 Å². The lowest BCUT2D eigenvalue weighted by atomic mass is 9.95. The topological polar surface area (TPSA) is 94.9 Å². The van der Waals surface area contributed by atoms with Gasteiger partial charge in [0.05, 0.1) is 6.61 Å². The molecule has 1 saturated carbocycles. The van der Waals surface area contributed by atoms with Crippen molar-refractivity contribution in [2.75, 3.05) is 6.61 Å². The molecule has 3 atom stereocenters. The van der Waals surface area contributed by atoms with Gasteiger partial charge in [-0.1, -0.05) is 0 Å². The minimum atomic E-state index is -1.43. The van der Waals surface area contributed by atoms with Crippen molar-refractivity contribution >= 4 is 17.8 Å². The van der Waals surface area contributed by atoms with Crippen LogP contribution < -0.4 is 0 Å². The van der Waals surface area contributed by atoms with Crippen LogP contribution in [0.1, 0.15) is 19.3 Å². The van der Waals surface area contributed by atoms with Gasteiger partial charge in [0, 0.05) is 11.8 Å². The number of hydrogen-bond donors (Lipinski definition) is 2. The summed E-state index contributed by atoms with van der Waals surface area (Å²) < 4.78 is 0. The number of carbonyl (C=O) groups excluding carboxylic acids is 2. The van der Waals surface area contributed by atoms with Crippen LogP contribution in [0.25, 0.3) is 0 Å². The van der Waals surface area contributed by atoms with Crippen LogP contribution in [0.15, 0.2) is 0 Å². The largest absolute Gasteiger partial charge is 0.480 e. The molecule has 2 bridgehead atoms. The lowest BCUT2D eigenvalue weighted by Crippen LogP contribution is -2.55. The van der Waals surface area contributed by atoms with E-state index in [-0.39, 0.29) is 11.8 Å². The highest BCUT2D eigenvalue weighted by Gasteiger charge is 2.49. The molecule has 2 aliphatic rings. The van der Waals surface area contributed by atoms with Gasteiger partial charge in [-0.2, -0.15) is 0 Å². The number of fused-ring (bicyclic) bond motifs is 2. The van der Waals surface area contributed by atoms with Crippen molar-refractivity contribution in [2.24, 2.45) is 11.8 Å². The van der Waals surface area contributed by atoms with Gasteiger partial charge in [0.2, 0.25) is 11.8 Å². The highest BCUT2D eigenvalue weighted by molar-refractivity contribution is 6.03. The van der Waals surface area contributed by atoms with Crippen LogP contribution in [0.4, 0.5) is 0 Å². The number of imide groups is 1. The van der Waals surface area contributed by atoms with Crippen LogP contribution in [0.3, 0.4) is 0 Å². The molecule has 0 aromatic carbocycles. The first-order valence-electron chi connectivity index (χ1n) is 5.26. The molecule has 88 valence electrons. The van der Waals surface area contributed by atoms with Crippen LogP contribution in [-0.4, -0.2) is 45.5 Å². The molecule has 6 heteroatoms. The fourth-order valence-corrected chi connectivity index (χ4v) is 2.51. The van der Waals surface area contributed by atoms with E-state index < -0.39 is 30.4 Å². The van der Waals surface area contributed by atoms with E-state index in [1.54, 1.807) is 0 Å². The molecule has 0 radical (unpaired) electrons. The fourth-order valence-electron chi connectivity index (χ4n) is 2.51. The van der Waals surface area contributed by atoms with Gasteiger partial charge in [-0.05, 0) is 19.3 Å². The maximum atomic E-state index is 11.8. The van der Waals surface area contributed by atoms with E-state index in [1.807, 2.05) is 0 Å². The van der Waals surface area contributed by atoms with Crippen molar-refractivity contribution in [3.05, 3.63) is 0 Å². The molecule has 3 unspecified atom stereocenters. The van der Waals surface area contributed by atoms with Crippen LogP contribution in [0.2, 0.25) is 0 Å². The van der Waals surface area contributed by atoms with E-state index >= 15 is 0 Å². The molecule has 2 rings (SSSR count). The molecule has 1 aliphatic carbocycles. The Balaban J connectivity index is 2.28. The van der Waals surface area contributed by atoms with Crippen molar-refractivity contribution in [3.8, 4) is 0 Å². The molecular formula is C10H13NO5. The van der Waals surface area contributed by atoms with Crippen molar-refractivity contribution in [2.45, 2.75) is 25.3 Å². The van der Waals surface area contributed by atoms with Gasteiger partial charge in [0.15, 0.2) is 6.04 Å². The first kappa shape index (κ1) is 11.1. The molecule has 16 heavy (non-hydrogen) atoms. The Labute approximate surface area is 91.8 Å². The normalized spacial score (nSPS) is 30.7. The van der Waals surface area contributed by atoms with Gasteiger partial charge >= 0.3 is 5.97 Å². The van der Waals surface area contributed by atoms with E-state index in [2.05, 4.69) is 0 Å². The Kier molecular flexibility index (Phi) is 2.67. The standard InChI is InChI=1S/C10H13NO5/c12-4-7(10(15)16)11-8(13)5-1-2-6(3-5)9(11)14/h5-7,12H,1-4H2,(H,15,16). The second kappa shape index (κ2) is 3.86. The van der Waals surface area contributed by atoms with Crippen molar-refractivity contribution in [3.63, 3.8) is 0 Å². The third-order valence-corrected chi connectivity index (χ3v) is 3.38. The predicted octanol–water partition coefficient (Wildman–Crippen LogP) is -0.783. The van der Waals surface area contributed by atoms with Crippen molar-refractivity contribution in [1.29, 1.82) is 0 Å². The Morgan fingerprint density at radius 2 is 1.81 bits per heavy atom. The summed E-state index contributed by atoms with van der Waals surface area (Å²) >= 11 is 0. The summed E-state index contributed by atoms with van der Waals surface area (Å²) in [5.41, 5.74) is 0. The summed E-state index contributed by atoms with van der Waals surface area (Å²) in [6.45, 7) is -0.730. The van der Waals surface area contributed by atoms with Crippen molar-refractivity contribution in [1.82, 2.24) is 4.90 Å². The zero-order chi connectivity index (χ0) is 11.9. The summed E-state index contributed by atoms with van der Waals surface area (Å²) in [6, 6.07) is -1.43. The molecule has 2 amide bonds. The molecular weight excluding hydrogens is 214 g/mol. The maximum absolute atomic E-state index is 11.8. The van der Waals surface area contributed by atoms with Gasteiger partial charge < -0.3 is 10.2 Å². The summed E-state index contributed by atoms with van der Waals surface area (Å²) in [6.07, 6.45) is 1.82. The Morgan fingerprint density at radius 3 is 2.19 bits per heavy atom. The number of nitrogens with zero attached hydrogens (tertiary/aromatic N) is 1. The molecule has 0 aromatic heterocycles. The number of amides is 2. The Morgan fingerprint density at radius 1 is 1.31 bits per heavy atom. The zero-order valence-electron chi connectivity index (χ0n) is 8.63. The average molecular weight is 227 g/mol. The first-order valence-corrected chi connectivity index (χ1v) is 5.26. The number of likely N-dealkylation sites (tertiary alicyclic amines) is 1. The summed E-state index contributed by atoms with van der Waals surface area (Å²) in [5.74, 6) is -2.71. The smallest absolute Gasteiger partial charge is 0.329 e. The number of carboxylic acids is 1.